The van der Waals surface area contributed by atoms with Crippen molar-refractivity contribution in [2.24, 2.45) is 0 Å². The molecular weight excluding hydrogens is 424 g/mol. The number of para-hydroxylation sites is 2. The molecule has 0 amide bonds. The number of Topliss-reactive ketones (excluding diaryl/α,β-unsaturated/α-hetero) is 1. The van der Waals surface area contributed by atoms with E-state index in [4.69, 9.17) is 4.42 Å². The zero-order valence-corrected chi connectivity index (χ0v) is 18.9. The quantitative estimate of drug-likeness (QED) is 0.233. The first-order chi connectivity index (χ1) is 15.5. The van der Waals surface area contributed by atoms with Gasteiger partial charge in [-0.05, 0) is 25.1 Å². The molecule has 0 saturated carbocycles. The molecule has 3 heterocycles. The number of benzene rings is 1. The van der Waals surface area contributed by atoms with Crippen LogP contribution in [0.2, 0.25) is 0 Å². The molecular formula is C23H22N6O2S. The minimum Gasteiger partial charge on any atom is -0.469 e. The molecule has 0 fully saturated rings. The standard InChI is InChI=1S/C23H22N6O2S/c1-5-11-29-21(16-10-12-31-15(16)2)25-26-23(29)32-14-20(30)17(13-24)22-27(3)18-8-6-7-9-19(18)28(22)4/h5-10,12H,1,11,14H2,2-4H3. The van der Waals surface area contributed by atoms with Crippen molar-refractivity contribution in [3.63, 3.8) is 0 Å². The van der Waals surface area contributed by atoms with Crippen LogP contribution in [0.3, 0.4) is 0 Å². The highest BCUT2D eigenvalue weighted by molar-refractivity contribution is 7.99. The van der Waals surface area contributed by atoms with Crippen LogP contribution in [0.1, 0.15) is 5.76 Å². The van der Waals surface area contributed by atoms with Crippen LogP contribution in [0.4, 0.5) is 11.4 Å². The predicted molar refractivity (Wildman–Crippen MR) is 124 cm³/mol. The van der Waals surface area contributed by atoms with Crippen molar-refractivity contribution in [2.75, 3.05) is 29.6 Å². The minimum absolute atomic E-state index is 0.0596. The minimum atomic E-state index is -0.270. The van der Waals surface area contributed by atoms with E-state index in [2.05, 4.69) is 22.8 Å². The van der Waals surface area contributed by atoms with Gasteiger partial charge in [0.2, 0.25) is 0 Å². The summed E-state index contributed by atoms with van der Waals surface area (Å²) >= 11 is 1.25. The summed E-state index contributed by atoms with van der Waals surface area (Å²) in [5.41, 5.74) is 2.84. The monoisotopic (exact) mass is 446 g/mol. The van der Waals surface area contributed by atoms with Crippen LogP contribution in [-0.4, -0.2) is 40.4 Å². The van der Waals surface area contributed by atoms with Gasteiger partial charge in [-0.25, -0.2) is 0 Å². The van der Waals surface area contributed by atoms with Crippen molar-refractivity contribution in [2.45, 2.75) is 18.6 Å². The summed E-state index contributed by atoms with van der Waals surface area (Å²) in [5, 5.41) is 18.9. The normalized spacial score (nSPS) is 12.6. The van der Waals surface area contributed by atoms with E-state index in [-0.39, 0.29) is 17.1 Å². The van der Waals surface area contributed by atoms with Crippen molar-refractivity contribution < 1.29 is 9.21 Å². The second-order valence-electron chi connectivity index (χ2n) is 7.22. The fourth-order valence-electron chi connectivity index (χ4n) is 3.76. The average Bonchev–Trinajstić information content (AvgIpc) is 3.46. The first kappa shape index (κ1) is 21.5. The Morgan fingerprint density at radius 1 is 1.22 bits per heavy atom. The molecule has 0 bridgehead atoms. The van der Waals surface area contributed by atoms with Crippen LogP contribution in [0, 0.1) is 18.3 Å². The lowest BCUT2D eigenvalue weighted by Gasteiger charge is -2.19. The number of aryl methyl sites for hydroxylation is 1. The van der Waals surface area contributed by atoms with E-state index in [9.17, 15) is 10.1 Å². The molecule has 32 heavy (non-hydrogen) atoms. The number of ketones is 1. The number of hydrogen-bond acceptors (Lipinski definition) is 8. The lowest BCUT2D eigenvalue weighted by molar-refractivity contribution is -0.112. The number of nitriles is 1. The number of anilines is 2. The number of furan rings is 1. The van der Waals surface area contributed by atoms with E-state index in [1.54, 1.807) is 12.3 Å². The fraction of sp³-hybridized carbons (Fsp3) is 0.217. The Balaban J connectivity index is 1.60. The third kappa shape index (κ3) is 3.59. The Hall–Kier alpha value is -3.77. The number of rotatable bonds is 7. The summed E-state index contributed by atoms with van der Waals surface area (Å²) in [6.45, 7) is 6.15. The number of nitrogens with zero attached hydrogens (tertiary/aromatic N) is 6. The Morgan fingerprint density at radius 2 is 1.91 bits per heavy atom. The Kier molecular flexibility index (Phi) is 5.88. The number of carbonyl (C=O) groups excluding carboxylic acids is 1. The number of allylic oxidation sites excluding steroid dienone is 2. The lowest BCUT2D eigenvalue weighted by atomic mass is 10.2. The van der Waals surface area contributed by atoms with Crippen LogP contribution in [0.15, 0.2) is 70.2 Å². The summed E-state index contributed by atoms with van der Waals surface area (Å²) < 4.78 is 7.27. The molecule has 8 nitrogen and oxygen atoms in total. The summed E-state index contributed by atoms with van der Waals surface area (Å²) in [7, 11) is 3.71. The van der Waals surface area contributed by atoms with Crippen molar-refractivity contribution in [3.05, 3.63) is 66.4 Å². The summed E-state index contributed by atoms with van der Waals surface area (Å²) in [4.78, 5) is 16.8. The molecule has 0 atom stereocenters. The van der Waals surface area contributed by atoms with Crippen molar-refractivity contribution in [3.8, 4) is 17.5 Å². The van der Waals surface area contributed by atoms with Gasteiger partial charge < -0.3 is 14.2 Å². The van der Waals surface area contributed by atoms with Gasteiger partial charge >= 0.3 is 0 Å². The molecule has 0 aliphatic carbocycles. The zero-order chi connectivity index (χ0) is 22.8. The highest BCUT2D eigenvalue weighted by Gasteiger charge is 2.31. The molecule has 0 unspecified atom stereocenters. The average molecular weight is 447 g/mol. The summed E-state index contributed by atoms with van der Waals surface area (Å²) in [6.07, 6.45) is 3.35. The van der Waals surface area contributed by atoms with Gasteiger partial charge in [0, 0.05) is 20.6 Å². The molecule has 0 saturated heterocycles. The largest absolute Gasteiger partial charge is 0.469 e. The fourth-order valence-corrected chi connectivity index (χ4v) is 4.58. The third-order valence-electron chi connectivity index (χ3n) is 5.31. The molecule has 4 rings (SSSR count). The highest BCUT2D eigenvalue weighted by atomic mass is 32.2. The smallest absolute Gasteiger partial charge is 0.192 e. The van der Waals surface area contributed by atoms with E-state index in [1.165, 1.54) is 11.8 Å². The number of hydrogen-bond donors (Lipinski definition) is 0. The van der Waals surface area contributed by atoms with Gasteiger partial charge in [-0.3, -0.25) is 9.36 Å². The summed E-state index contributed by atoms with van der Waals surface area (Å²) in [5.74, 6) is 1.74. The summed E-state index contributed by atoms with van der Waals surface area (Å²) in [6, 6.07) is 11.7. The zero-order valence-electron chi connectivity index (χ0n) is 18.1. The molecule has 1 aromatic carbocycles. The Morgan fingerprint density at radius 3 is 2.47 bits per heavy atom. The van der Waals surface area contributed by atoms with Gasteiger partial charge in [0.25, 0.3) is 0 Å². The maximum atomic E-state index is 13.1. The van der Waals surface area contributed by atoms with Crippen molar-refractivity contribution in [1.29, 1.82) is 5.26 Å². The van der Waals surface area contributed by atoms with Crippen LogP contribution in [0.5, 0.6) is 0 Å². The van der Waals surface area contributed by atoms with Gasteiger partial charge in [-0.1, -0.05) is 30.0 Å². The molecule has 1 aliphatic rings. The molecule has 0 spiro atoms. The van der Waals surface area contributed by atoms with Gasteiger partial charge in [-0.15, -0.1) is 16.8 Å². The van der Waals surface area contributed by atoms with E-state index in [0.717, 1.165) is 22.7 Å². The topological polar surface area (TPSA) is 91.2 Å². The third-order valence-corrected chi connectivity index (χ3v) is 6.28. The molecule has 0 N–H and O–H groups in total. The molecule has 9 heteroatoms. The van der Waals surface area contributed by atoms with Gasteiger partial charge in [0.15, 0.2) is 16.8 Å². The Bertz CT molecular complexity index is 1230. The molecule has 2 aromatic heterocycles. The van der Waals surface area contributed by atoms with Crippen LogP contribution in [0.25, 0.3) is 11.4 Å². The van der Waals surface area contributed by atoms with E-state index in [0.29, 0.717) is 23.3 Å². The molecule has 1 aliphatic heterocycles. The molecule has 3 aromatic rings. The SMILES string of the molecule is C=CCn1c(SCC(=O)C(C#N)=C2N(C)c3ccccc3N2C)nnc1-c1ccoc1C. The maximum Gasteiger partial charge on any atom is 0.192 e. The van der Waals surface area contributed by atoms with Crippen LogP contribution < -0.4 is 9.80 Å². The number of carbonyl (C=O) groups is 1. The van der Waals surface area contributed by atoms with Crippen molar-refractivity contribution in [1.82, 2.24) is 14.8 Å². The molecule has 162 valence electrons. The first-order valence-electron chi connectivity index (χ1n) is 9.93. The van der Waals surface area contributed by atoms with Gasteiger partial charge in [-0.2, -0.15) is 5.26 Å². The Labute approximate surface area is 190 Å². The highest BCUT2D eigenvalue weighted by Crippen LogP contribution is 2.40. The van der Waals surface area contributed by atoms with E-state index in [1.807, 2.05) is 65.7 Å². The number of thioether (sulfide) groups is 1. The lowest BCUT2D eigenvalue weighted by Crippen LogP contribution is -2.26. The van der Waals surface area contributed by atoms with Crippen molar-refractivity contribution >= 4 is 28.9 Å². The second kappa shape index (κ2) is 8.77. The van der Waals surface area contributed by atoms with E-state index >= 15 is 0 Å². The molecule has 0 radical (unpaired) electrons. The number of fused-ring (bicyclic) bond motifs is 1. The predicted octanol–water partition coefficient (Wildman–Crippen LogP) is 4.02. The first-order valence-corrected chi connectivity index (χ1v) is 10.9. The van der Waals surface area contributed by atoms with Gasteiger partial charge in [0.05, 0.1) is 29.0 Å². The van der Waals surface area contributed by atoms with E-state index < -0.39 is 0 Å². The second-order valence-corrected chi connectivity index (χ2v) is 8.17. The van der Waals surface area contributed by atoms with Crippen LogP contribution >= 0.6 is 11.8 Å². The number of aromatic nitrogens is 3. The maximum absolute atomic E-state index is 13.1. The van der Waals surface area contributed by atoms with Crippen LogP contribution in [-0.2, 0) is 11.3 Å². The van der Waals surface area contributed by atoms with Gasteiger partial charge in [0.1, 0.15) is 23.2 Å².